The van der Waals surface area contributed by atoms with Gasteiger partial charge < -0.3 is 20.4 Å². The van der Waals surface area contributed by atoms with Crippen LogP contribution in [0, 0.1) is 29.1 Å². The van der Waals surface area contributed by atoms with Gasteiger partial charge in [-0.2, -0.15) is 0 Å². The number of halogens is 6. The predicted octanol–water partition coefficient (Wildman–Crippen LogP) is 5.42. The van der Waals surface area contributed by atoms with Gasteiger partial charge in [0.05, 0.1) is 6.42 Å². The zero-order chi connectivity index (χ0) is 26.7. The summed E-state index contributed by atoms with van der Waals surface area (Å²) in [6, 6.07) is 13.9. The molecule has 0 saturated carbocycles. The van der Waals surface area contributed by atoms with Crippen molar-refractivity contribution >= 4 is 51.9 Å². The van der Waals surface area contributed by atoms with Crippen molar-refractivity contribution in [2.45, 2.75) is 6.42 Å². The summed E-state index contributed by atoms with van der Waals surface area (Å²) in [4.78, 5) is 15.3. The van der Waals surface area contributed by atoms with Crippen molar-refractivity contribution in [1.82, 2.24) is 5.32 Å². The molecule has 5 nitrogen and oxygen atoms in total. The normalized spacial score (nSPS) is 13.5. The Balaban J connectivity index is 1.31. The van der Waals surface area contributed by atoms with Gasteiger partial charge in [-0.25, -0.2) is 22.0 Å². The van der Waals surface area contributed by atoms with Crippen molar-refractivity contribution in [2.75, 3.05) is 41.3 Å². The lowest BCUT2D eigenvalue weighted by molar-refractivity contribution is -0.119. The molecule has 0 unspecified atom stereocenters. The zero-order valence-electron chi connectivity index (χ0n) is 19.1. The van der Waals surface area contributed by atoms with Crippen molar-refractivity contribution < 1.29 is 26.7 Å². The molecular formula is C25H20ClF5N4OS. The molecule has 0 aromatic heterocycles. The first-order chi connectivity index (χ1) is 17.6. The van der Waals surface area contributed by atoms with Crippen molar-refractivity contribution in [3.05, 3.63) is 88.2 Å². The van der Waals surface area contributed by atoms with Gasteiger partial charge in [-0.3, -0.25) is 4.79 Å². The van der Waals surface area contributed by atoms with Gasteiger partial charge >= 0.3 is 0 Å². The van der Waals surface area contributed by atoms with Crippen LogP contribution in [0.15, 0.2) is 48.5 Å². The summed E-state index contributed by atoms with van der Waals surface area (Å²) in [6.45, 7) is 0.709. The smallest absolute Gasteiger partial charge is 0.230 e. The van der Waals surface area contributed by atoms with Crippen LogP contribution < -0.4 is 20.4 Å². The van der Waals surface area contributed by atoms with Crippen LogP contribution in [0.2, 0.25) is 5.02 Å². The summed E-state index contributed by atoms with van der Waals surface area (Å²) in [5, 5.41) is 6.23. The minimum absolute atomic E-state index is 0.0576. The van der Waals surface area contributed by atoms with Gasteiger partial charge in [-0.05, 0) is 54.2 Å². The molecule has 0 aliphatic carbocycles. The molecular weight excluding hydrogens is 535 g/mol. The van der Waals surface area contributed by atoms with Gasteiger partial charge in [0.1, 0.15) is 5.69 Å². The van der Waals surface area contributed by atoms with E-state index in [9.17, 15) is 26.7 Å². The van der Waals surface area contributed by atoms with Crippen molar-refractivity contribution in [3.63, 3.8) is 0 Å². The molecule has 0 spiro atoms. The van der Waals surface area contributed by atoms with Crippen molar-refractivity contribution in [1.29, 1.82) is 0 Å². The van der Waals surface area contributed by atoms with Crippen LogP contribution in [-0.2, 0) is 11.2 Å². The van der Waals surface area contributed by atoms with E-state index in [1.54, 1.807) is 48.5 Å². The van der Waals surface area contributed by atoms with Gasteiger partial charge in [0.15, 0.2) is 28.4 Å². The van der Waals surface area contributed by atoms with Crippen LogP contribution in [0.5, 0.6) is 0 Å². The molecule has 1 amide bonds. The van der Waals surface area contributed by atoms with E-state index in [2.05, 4.69) is 10.6 Å². The average molecular weight is 555 g/mol. The van der Waals surface area contributed by atoms with E-state index in [1.807, 2.05) is 4.90 Å². The van der Waals surface area contributed by atoms with E-state index in [-0.39, 0.29) is 30.5 Å². The fourth-order valence-electron chi connectivity index (χ4n) is 3.94. The lowest BCUT2D eigenvalue weighted by atomic mass is 10.1. The Morgan fingerprint density at radius 1 is 0.784 bits per heavy atom. The molecule has 2 N–H and O–H groups in total. The molecule has 1 heterocycles. The van der Waals surface area contributed by atoms with Gasteiger partial charge in [0.2, 0.25) is 11.7 Å². The first kappa shape index (κ1) is 26.6. The Bertz CT molecular complexity index is 1290. The number of hydrogen-bond acceptors (Lipinski definition) is 4. The molecule has 3 aromatic rings. The lowest BCUT2D eigenvalue weighted by Gasteiger charge is -2.37. The highest BCUT2D eigenvalue weighted by Crippen LogP contribution is 2.31. The fraction of sp³-hybridized carbons (Fsp3) is 0.200. The van der Waals surface area contributed by atoms with E-state index in [1.165, 1.54) is 0 Å². The van der Waals surface area contributed by atoms with Crippen LogP contribution in [-0.4, -0.2) is 37.2 Å². The number of anilines is 3. The summed E-state index contributed by atoms with van der Waals surface area (Å²) < 4.78 is 68.7. The summed E-state index contributed by atoms with van der Waals surface area (Å²) >= 11 is 11.0. The largest absolute Gasteiger partial charge is 0.368 e. The van der Waals surface area contributed by atoms with Gasteiger partial charge in [0, 0.05) is 42.6 Å². The second-order valence-corrected chi connectivity index (χ2v) is 9.09. The Kier molecular flexibility index (Phi) is 8.13. The second kappa shape index (κ2) is 11.3. The van der Waals surface area contributed by atoms with Crippen LogP contribution in [0.25, 0.3) is 0 Å². The Labute approximate surface area is 219 Å². The number of benzene rings is 3. The van der Waals surface area contributed by atoms with Gasteiger partial charge in [-0.15, -0.1) is 0 Å². The molecule has 0 radical (unpaired) electrons. The molecule has 0 bridgehead atoms. The number of amides is 1. The highest BCUT2D eigenvalue weighted by molar-refractivity contribution is 7.80. The topological polar surface area (TPSA) is 47.6 Å². The van der Waals surface area contributed by atoms with Crippen molar-refractivity contribution in [3.8, 4) is 0 Å². The zero-order valence-corrected chi connectivity index (χ0v) is 20.7. The standard InChI is InChI=1S/C25H20ClF5N4OS/c26-15-3-1-14(2-4-15)13-18(36)33-25(37)32-16-5-7-17(8-6-16)34-9-11-35(12-10-34)24-22(30)20(28)19(27)21(29)23(24)31/h1-8H,9-13H2,(H2,32,33,36,37). The van der Waals surface area contributed by atoms with Crippen molar-refractivity contribution in [2.24, 2.45) is 0 Å². The number of carbonyl (C=O) groups is 1. The summed E-state index contributed by atoms with van der Waals surface area (Å²) in [7, 11) is 0. The molecule has 194 valence electrons. The summed E-state index contributed by atoms with van der Waals surface area (Å²) in [5.41, 5.74) is 1.29. The summed E-state index contributed by atoms with van der Waals surface area (Å²) in [6.07, 6.45) is 0.134. The first-order valence-electron chi connectivity index (χ1n) is 11.1. The number of piperazine rings is 1. The molecule has 3 aromatic carbocycles. The molecule has 1 fully saturated rings. The predicted molar refractivity (Wildman–Crippen MR) is 137 cm³/mol. The molecule has 1 saturated heterocycles. The number of nitrogens with one attached hydrogen (secondary N) is 2. The van der Waals surface area contributed by atoms with E-state index in [0.29, 0.717) is 23.8 Å². The molecule has 37 heavy (non-hydrogen) atoms. The third-order valence-electron chi connectivity index (χ3n) is 5.80. The number of carbonyl (C=O) groups excluding carboxylic acids is 1. The quantitative estimate of drug-likeness (QED) is 0.191. The van der Waals surface area contributed by atoms with Gasteiger partial charge in [-0.1, -0.05) is 23.7 Å². The highest BCUT2D eigenvalue weighted by Gasteiger charge is 2.30. The van der Waals surface area contributed by atoms with Crippen LogP contribution in [0.3, 0.4) is 0 Å². The molecule has 4 rings (SSSR count). The lowest BCUT2D eigenvalue weighted by Crippen LogP contribution is -2.47. The minimum Gasteiger partial charge on any atom is -0.368 e. The average Bonchev–Trinajstić information content (AvgIpc) is 2.88. The van der Waals surface area contributed by atoms with E-state index in [4.69, 9.17) is 23.8 Å². The highest BCUT2D eigenvalue weighted by atomic mass is 35.5. The monoisotopic (exact) mass is 554 g/mol. The molecule has 0 atom stereocenters. The Hall–Kier alpha value is -3.44. The summed E-state index contributed by atoms with van der Waals surface area (Å²) in [5.74, 6) is -10.1. The van der Waals surface area contributed by atoms with Crippen LogP contribution in [0.1, 0.15) is 5.56 Å². The number of nitrogens with zero attached hydrogens (tertiary/aromatic N) is 2. The molecule has 12 heteroatoms. The minimum atomic E-state index is -2.17. The number of rotatable bonds is 5. The maximum absolute atomic E-state index is 14.1. The number of hydrogen-bond donors (Lipinski definition) is 2. The van der Waals surface area contributed by atoms with E-state index < -0.39 is 34.8 Å². The van der Waals surface area contributed by atoms with Crippen LogP contribution in [0.4, 0.5) is 39.0 Å². The third kappa shape index (κ3) is 6.11. The van der Waals surface area contributed by atoms with Gasteiger partial charge in [0.25, 0.3) is 0 Å². The molecule has 1 aliphatic rings. The fourth-order valence-corrected chi connectivity index (χ4v) is 4.29. The maximum Gasteiger partial charge on any atom is 0.230 e. The van der Waals surface area contributed by atoms with E-state index >= 15 is 0 Å². The maximum atomic E-state index is 14.1. The SMILES string of the molecule is O=C(Cc1ccc(Cl)cc1)NC(=S)Nc1ccc(N2CCN(c3c(F)c(F)c(F)c(F)c3F)CC2)cc1. The Morgan fingerprint density at radius 3 is 1.86 bits per heavy atom. The van der Waals surface area contributed by atoms with E-state index in [0.717, 1.165) is 16.2 Å². The second-order valence-electron chi connectivity index (χ2n) is 8.25. The Morgan fingerprint density at radius 2 is 1.30 bits per heavy atom. The third-order valence-corrected chi connectivity index (χ3v) is 6.26. The number of thiocarbonyl (C=S) groups is 1. The first-order valence-corrected chi connectivity index (χ1v) is 11.9. The molecule has 1 aliphatic heterocycles. The van der Waals surface area contributed by atoms with Crippen LogP contribution >= 0.6 is 23.8 Å².